The topological polar surface area (TPSA) is 81.5 Å². The summed E-state index contributed by atoms with van der Waals surface area (Å²) in [5.74, 6) is -1.22. The van der Waals surface area contributed by atoms with Gasteiger partial charge >= 0.3 is 6.18 Å². The standard InChI is InChI=1S/C9H8F3N3O.ClH/c10-9(11,12)6-3-1-5(2-4-6)7(16)15-8(13)14;/h1-4H,(H4,13,14,15,16);1H. The number of amides is 1. The molecule has 17 heavy (non-hydrogen) atoms. The molecule has 0 aliphatic heterocycles. The summed E-state index contributed by atoms with van der Waals surface area (Å²) in [6, 6.07) is 3.60. The van der Waals surface area contributed by atoms with E-state index >= 15 is 0 Å². The van der Waals surface area contributed by atoms with Crippen LogP contribution in [0.2, 0.25) is 0 Å². The minimum Gasteiger partial charge on any atom is -0.370 e. The highest BCUT2D eigenvalue weighted by Gasteiger charge is 2.30. The number of hydrogen-bond acceptors (Lipinski definition) is 1. The lowest BCUT2D eigenvalue weighted by atomic mass is 10.1. The Bertz CT molecular complexity index is 424. The number of guanidine groups is 1. The molecule has 0 aliphatic carbocycles. The molecule has 0 unspecified atom stereocenters. The summed E-state index contributed by atoms with van der Waals surface area (Å²) >= 11 is 0. The lowest BCUT2D eigenvalue weighted by molar-refractivity contribution is -0.137. The summed E-state index contributed by atoms with van der Waals surface area (Å²) < 4.78 is 36.5. The first kappa shape index (κ1) is 15.2. The van der Waals surface area contributed by atoms with Crippen molar-refractivity contribution in [1.29, 1.82) is 0 Å². The Labute approximate surface area is 101 Å². The number of rotatable bonds is 1. The van der Waals surface area contributed by atoms with Crippen LogP contribution in [-0.2, 0) is 6.18 Å². The molecule has 4 N–H and O–H groups in total. The number of hydrogen-bond donors (Lipinski definition) is 2. The highest BCUT2D eigenvalue weighted by Crippen LogP contribution is 2.29. The van der Waals surface area contributed by atoms with Crippen molar-refractivity contribution in [1.82, 2.24) is 0 Å². The molecule has 1 rings (SSSR count). The molecule has 4 nitrogen and oxygen atoms in total. The first-order valence-corrected chi connectivity index (χ1v) is 4.12. The highest BCUT2D eigenvalue weighted by molar-refractivity contribution is 6.01. The number of carbonyl (C=O) groups is 1. The Balaban J connectivity index is 0.00000256. The molecule has 0 spiro atoms. The van der Waals surface area contributed by atoms with Gasteiger partial charge in [-0.3, -0.25) is 4.79 Å². The van der Waals surface area contributed by atoms with Crippen LogP contribution in [-0.4, -0.2) is 11.9 Å². The lowest BCUT2D eigenvalue weighted by Crippen LogP contribution is -2.24. The molecule has 0 aromatic heterocycles. The summed E-state index contributed by atoms with van der Waals surface area (Å²) in [5, 5.41) is 0. The molecule has 0 saturated heterocycles. The fourth-order valence-corrected chi connectivity index (χ4v) is 0.984. The van der Waals surface area contributed by atoms with Gasteiger partial charge in [-0.1, -0.05) is 0 Å². The molecule has 1 amide bonds. The quantitative estimate of drug-likeness (QED) is 0.598. The van der Waals surface area contributed by atoms with Crippen molar-refractivity contribution in [3.8, 4) is 0 Å². The summed E-state index contributed by atoms with van der Waals surface area (Å²) in [4.78, 5) is 14.4. The monoisotopic (exact) mass is 267 g/mol. The zero-order valence-corrected chi connectivity index (χ0v) is 9.18. The Hall–Kier alpha value is -1.76. The smallest absolute Gasteiger partial charge is 0.370 e. The third-order valence-electron chi connectivity index (χ3n) is 1.69. The van der Waals surface area contributed by atoms with Crippen molar-refractivity contribution in [3.05, 3.63) is 35.4 Å². The molecular formula is C9H9ClF3N3O. The van der Waals surface area contributed by atoms with Gasteiger partial charge in [0.1, 0.15) is 0 Å². The van der Waals surface area contributed by atoms with Crippen LogP contribution in [0.1, 0.15) is 15.9 Å². The van der Waals surface area contributed by atoms with Crippen molar-refractivity contribution >= 4 is 24.3 Å². The minimum absolute atomic E-state index is 0. The van der Waals surface area contributed by atoms with Gasteiger partial charge < -0.3 is 11.5 Å². The summed E-state index contributed by atoms with van der Waals surface area (Å²) in [5.41, 5.74) is 9.06. The number of benzene rings is 1. The largest absolute Gasteiger partial charge is 0.416 e. The molecule has 0 radical (unpaired) electrons. The average Bonchev–Trinajstić information content (AvgIpc) is 2.15. The number of carbonyl (C=O) groups excluding carboxylic acids is 1. The van der Waals surface area contributed by atoms with Gasteiger partial charge in [0.25, 0.3) is 5.91 Å². The van der Waals surface area contributed by atoms with Crippen LogP contribution in [0.3, 0.4) is 0 Å². The number of nitrogens with two attached hydrogens (primary N) is 2. The van der Waals surface area contributed by atoms with Crippen LogP contribution < -0.4 is 11.5 Å². The first-order valence-electron chi connectivity index (χ1n) is 4.12. The summed E-state index contributed by atoms with van der Waals surface area (Å²) in [7, 11) is 0. The van der Waals surface area contributed by atoms with Crippen molar-refractivity contribution in [2.45, 2.75) is 6.18 Å². The Kier molecular flexibility index (Phi) is 4.96. The predicted molar refractivity (Wildman–Crippen MR) is 58.8 cm³/mol. The number of nitrogens with zero attached hydrogens (tertiary/aromatic N) is 1. The highest BCUT2D eigenvalue weighted by atomic mass is 35.5. The molecule has 8 heteroatoms. The zero-order valence-electron chi connectivity index (χ0n) is 8.36. The average molecular weight is 268 g/mol. The molecule has 1 aromatic carbocycles. The van der Waals surface area contributed by atoms with Crippen molar-refractivity contribution < 1.29 is 18.0 Å². The van der Waals surface area contributed by atoms with Gasteiger partial charge in [-0.25, -0.2) is 0 Å². The van der Waals surface area contributed by atoms with Gasteiger partial charge in [0, 0.05) is 5.56 Å². The maximum atomic E-state index is 12.2. The second kappa shape index (κ2) is 5.53. The molecule has 0 fully saturated rings. The van der Waals surface area contributed by atoms with E-state index in [4.69, 9.17) is 11.5 Å². The molecule has 0 saturated carbocycles. The van der Waals surface area contributed by atoms with Gasteiger partial charge in [0.2, 0.25) is 0 Å². The summed E-state index contributed by atoms with van der Waals surface area (Å²) in [6.45, 7) is 0. The Morgan fingerprint density at radius 3 is 1.94 bits per heavy atom. The van der Waals surface area contributed by atoms with Crippen molar-refractivity contribution in [2.75, 3.05) is 0 Å². The third kappa shape index (κ3) is 4.31. The van der Waals surface area contributed by atoms with E-state index in [0.29, 0.717) is 0 Å². The number of halogens is 4. The fraction of sp³-hybridized carbons (Fsp3) is 0.111. The van der Waals surface area contributed by atoms with Gasteiger partial charge in [0.15, 0.2) is 5.96 Å². The van der Waals surface area contributed by atoms with Crippen LogP contribution in [0.25, 0.3) is 0 Å². The molecule has 0 heterocycles. The van der Waals surface area contributed by atoms with Crippen LogP contribution in [0.5, 0.6) is 0 Å². The SMILES string of the molecule is Cl.NC(N)=NC(=O)c1ccc(C(F)(F)F)cc1. The predicted octanol–water partition coefficient (Wildman–Crippen LogP) is 1.54. The second-order valence-corrected chi connectivity index (χ2v) is 2.92. The molecule has 0 aliphatic rings. The van der Waals surface area contributed by atoms with Crippen LogP contribution in [0, 0.1) is 0 Å². The number of aliphatic imine (C=N–C) groups is 1. The first-order chi connectivity index (χ1) is 7.30. The van der Waals surface area contributed by atoms with E-state index in [1.807, 2.05) is 0 Å². The lowest BCUT2D eigenvalue weighted by Gasteiger charge is -2.06. The maximum Gasteiger partial charge on any atom is 0.416 e. The van der Waals surface area contributed by atoms with E-state index < -0.39 is 23.6 Å². The molecule has 94 valence electrons. The van der Waals surface area contributed by atoms with Gasteiger partial charge in [-0.2, -0.15) is 18.2 Å². The maximum absolute atomic E-state index is 12.2. The normalized spacial score (nSPS) is 10.3. The van der Waals surface area contributed by atoms with Crippen molar-refractivity contribution in [3.63, 3.8) is 0 Å². The van der Waals surface area contributed by atoms with Gasteiger partial charge in [0.05, 0.1) is 5.56 Å². The van der Waals surface area contributed by atoms with E-state index in [9.17, 15) is 18.0 Å². The van der Waals surface area contributed by atoms with E-state index in [2.05, 4.69) is 4.99 Å². The summed E-state index contributed by atoms with van der Waals surface area (Å²) in [6.07, 6.45) is -4.43. The van der Waals surface area contributed by atoms with E-state index in [-0.39, 0.29) is 18.0 Å². The number of alkyl halides is 3. The van der Waals surface area contributed by atoms with E-state index in [1.54, 1.807) is 0 Å². The second-order valence-electron chi connectivity index (χ2n) is 2.92. The third-order valence-corrected chi connectivity index (χ3v) is 1.69. The van der Waals surface area contributed by atoms with Gasteiger partial charge in [-0.15, -0.1) is 12.4 Å². The zero-order chi connectivity index (χ0) is 12.3. The molecule has 0 bridgehead atoms. The fourth-order valence-electron chi connectivity index (χ4n) is 0.984. The minimum atomic E-state index is -4.43. The Morgan fingerprint density at radius 2 is 1.59 bits per heavy atom. The van der Waals surface area contributed by atoms with Crippen LogP contribution in [0.15, 0.2) is 29.3 Å². The Morgan fingerprint density at radius 1 is 1.12 bits per heavy atom. The van der Waals surface area contributed by atoms with Crippen molar-refractivity contribution in [2.24, 2.45) is 16.5 Å². The van der Waals surface area contributed by atoms with Crippen LogP contribution in [0.4, 0.5) is 13.2 Å². The van der Waals surface area contributed by atoms with E-state index in [0.717, 1.165) is 24.3 Å². The molecule has 0 atom stereocenters. The molecule has 1 aromatic rings. The van der Waals surface area contributed by atoms with Gasteiger partial charge in [-0.05, 0) is 24.3 Å². The van der Waals surface area contributed by atoms with Crippen LogP contribution >= 0.6 is 12.4 Å². The van der Waals surface area contributed by atoms with E-state index in [1.165, 1.54) is 0 Å². The molecular weight excluding hydrogens is 259 g/mol.